The van der Waals surface area contributed by atoms with Gasteiger partial charge in [-0.2, -0.15) is 0 Å². The fourth-order valence-corrected chi connectivity index (χ4v) is 3.13. The van der Waals surface area contributed by atoms with E-state index in [2.05, 4.69) is 25.8 Å². The molecule has 2 N–H and O–H groups in total. The van der Waals surface area contributed by atoms with Gasteiger partial charge >= 0.3 is 5.97 Å². The van der Waals surface area contributed by atoms with Crippen molar-refractivity contribution in [3.05, 3.63) is 23.9 Å². The highest BCUT2D eigenvalue weighted by Gasteiger charge is 2.34. The fraction of sp³-hybridized carbons (Fsp3) is 0.600. The Balaban J connectivity index is 2.03. The van der Waals surface area contributed by atoms with E-state index >= 15 is 0 Å². The van der Waals surface area contributed by atoms with Crippen LogP contribution in [0.3, 0.4) is 0 Å². The molecule has 1 heterocycles. The summed E-state index contributed by atoms with van der Waals surface area (Å²) in [5.41, 5.74) is 6.09. The number of pyridine rings is 1. The molecule has 2 rings (SSSR count). The number of esters is 1. The fourth-order valence-electron chi connectivity index (χ4n) is 3.13. The summed E-state index contributed by atoms with van der Waals surface area (Å²) >= 11 is 0. The molecular weight excluding hydrogens is 240 g/mol. The summed E-state index contributed by atoms with van der Waals surface area (Å²) in [4.78, 5) is 16.0. The average molecular weight is 262 g/mol. The first-order chi connectivity index (χ1) is 8.85. The summed E-state index contributed by atoms with van der Waals surface area (Å²) in [6.45, 7) is 6.66. The zero-order valence-electron chi connectivity index (χ0n) is 11.8. The first-order valence-electron chi connectivity index (χ1n) is 6.79. The van der Waals surface area contributed by atoms with Gasteiger partial charge in [0.1, 0.15) is 11.9 Å². The van der Waals surface area contributed by atoms with Gasteiger partial charge in [0.15, 0.2) is 5.69 Å². The number of hydrogen-bond acceptors (Lipinski definition) is 4. The van der Waals surface area contributed by atoms with E-state index in [-0.39, 0.29) is 23.2 Å². The molecule has 1 aromatic rings. The van der Waals surface area contributed by atoms with Gasteiger partial charge in [0, 0.05) is 0 Å². The number of nitrogens with two attached hydrogens (primary N) is 1. The molecule has 2 unspecified atom stereocenters. The Morgan fingerprint density at radius 2 is 2.16 bits per heavy atom. The van der Waals surface area contributed by atoms with Gasteiger partial charge < -0.3 is 10.5 Å². The Bertz CT molecular complexity index is 471. The van der Waals surface area contributed by atoms with Gasteiger partial charge in [0.25, 0.3) is 0 Å². The third-order valence-corrected chi connectivity index (χ3v) is 3.60. The largest absolute Gasteiger partial charge is 0.458 e. The summed E-state index contributed by atoms with van der Waals surface area (Å²) < 4.78 is 5.58. The van der Waals surface area contributed by atoms with Crippen LogP contribution in [0.1, 0.15) is 50.5 Å². The molecule has 1 aliphatic rings. The lowest BCUT2D eigenvalue weighted by atomic mass is 9.71. The third-order valence-electron chi connectivity index (χ3n) is 3.60. The average Bonchev–Trinajstić information content (AvgIpc) is 2.25. The minimum absolute atomic E-state index is 0.0190. The Kier molecular flexibility index (Phi) is 3.78. The van der Waals surface area contributed by atoms with Gasteiger partial charge in [-0.1, -0.05) is 26.8 Å². The van der Waals surface area contributed by atoms with Crippen molar-refractivity contribution in [3.63, 3.8) is 0 Å². The molecule has 1 fully saturated rings. The summed E-state index contributed by atoms with van der Waals surface area (Å²) in [5.74, 6) is 0.546. The predicted octanol–water partition coefficient (Wildman–Crippen LogP) is 3.04. The smallest absolute Gasteiger partial charge is 0.357 e. The minimum atomic E-state index is -0.373. The molecule has 0 aliphatic heterocycles. The van der Waals surface area contributed by atoms with Gasteiger partial charge in [-0.3, -0.25) is 0 Å². The zero-order valence-corrected chi connectivity index (χ0v) is 11.8. The number of carbonyl (C=O) groups is 1. The van der Waals surface area contributed by atoms with Crippen LogP contribution in [0.25, 0.3) is 0 Å². The van der Waals surface area contributed by atoms with Crippen molar-refractivity contribution < 1.29 is 9.53 Å². The molecular formula is C15H22N2O2. The van der Waals surface area contributed by atoms with Crippen LogP contribution in [-0.4, -0.2) is 17.1 Å². The number of aromatic nitrogens is 1. The van der Waals surface area contributed by atoms with Crippen LogP contribution in [0.4, 0.5) is 5.82 Å². The molecule has 1 saturated carbocycles. The van der Waals surface area contributed by atoms with E-state index in [0.717, 1.165) is 12.8 Å². The molecule has 1 aromatic heterocycles. The maximum absolute atomic E-state index is 12.0. The van der Waals surface area contributed by atoms with Crippen molar-refractivity contribution in [1.82, 2.24) is 4.98 Å². The molecule has 4 heteroatoms. The maximum Gasteiger partial charge on any atom is 0.357 e. The first-order valence-corrected chi connectivity index (χ1v) is 6.79. The predicted molar refractivity (Wildman–Crippen MR) is 74.6 cm³/mol. The van der Waals surface area contributed by atoms with Gasteiger partial charge in [-0.05, 0) is 42.7 Å². The van der Waals surface area contributed by atoms with Crippen LogP contribution in [0.2, 0.25) is 0 Å². The van der Waals surface area contributed by atoms with E-state index in [1.807, 2.05) is 0 Å². The minimum Gasteiger partial charge on any atom is -0.458 e. The van der Waals surface area contributed by atoms with Crippen LogP contribution >= 0.6 is 0 Å². The number of anilines is 1. The van der Waals surface area contributed by atoms with Crippen LogP contribution < -0.4 is 5.73 Å². The Labute approximate surface area is 114 Å². The highest BCUT2D eigenvalue weighted by molar-refractivity contribution is 5.87. The molecule has 0 saturated heterocycles. The summed E-state index contributed by atoms with van der Waals surface area (Å²) in [6, 6.07) is 5.00. The topological polar surface area (TPSA) is 65.2 Å². The van der Waals surface area contributed by atoms with E-state index in [4.69, 9.17) is 10.5 Å². The summed E-state index contributed by atoms with van der Waals surface area (Å²) in [6.07, 6.45) is 3.00. The van der Waals surface area contributed by atoms with E-state index in [9.17, 15) is 4.79 Å². The van der Waals surface area contributed by atoms with Crippen molar-refractivity contribution in [2.45, 2.75) is 46.1 Å². The van der Waals surface area contributed by atoms with Gasteiger partial charge in [-0.25, -0.2) is 9.78 Å². The zero-order chi connectivity index (χ0) is 14.0. The summed E-state index contributed by atoms with van der Waals surface area (Å²) in [5, 5.41) is 0. The van der Waals surface area contributed by atoms with Crippen molar-refractivity contribution >= 4 is 11.8 Å². The monoisotopic (exact) mass is 262 g/mol. The lowest BCUT2D eigenvalue weighted by Crippen LogP contribution is -2.34. The second-order valence-electron chi connectivity index (χ2n) is 6.39. The highest BCUT2D eigenvalue weighted by Crippen LogP contribution is 2.39. The molecule has 0 amide bonds. The lowest BCUT2D eigenvalue weighted by molar-refractivity contribution is -0.00764. The summed E-state index contributed by atoms with van der Waals surface area (Å²) in [7, 11) is 0. The molecule has 1 aliphatic carbocycles. The van der Waals surface area contributed by atoms with E-state index < -0.39 is 0 Å². The Morgan fingerprint density at radius 1 is 1.42 bits per heavy atom. The Hall–Kier alpha value is -1.58. The molecule has 0 aromatic carbocycles. The molecule has 104 valence electrons. The molecule has 4 nitrogen and oxygen atoms in total. The first kappa shape index (κ1) is 13.8. The lowest BCUT2D eigenvalue weighted by Gasteiger charge is -2.38. The van der Waals surface area contributed by atoms with Crippen LogP contribution in [-0.2, 0) is 4.74 Å². The van der Waals surface area contributed by atoms with Crippen LogP contribution in [0.15, 0.2) is 18.2 Å². The highest BCUT2D eigenvalue weighted by atomic mass is 16.5. The van der Waals surface area contributed by atoms with E-state index in [0.29, 0.717) is 11.7 Å². The van der Waals surface area contributed by atoms with Crippen molar-refractivity contribution in [2.75, 3.05) is 5.73 Å². The number of ether oxygens (including phenoxy) is 1. The van der Waals surface area contributed by atoms with Gasteiger partial charge in [0.05, 0.1) is 0 Å². The molecule has 0 radical (unpaired) electrons. The standard InChI is InChI=1S/C15H22N2O2/c1-10-7-11(9-15(2,3)8-10)19-14(18)12-5-4-6-13(16)17-12/h4-6,10-11H,7-9H2,1-3H3,(H2,16,17). The number of rotatable bonds is 2. The van der Waals surface area contributed by atoms with E-state index in [1.165, 1.54) is 6.42 Å². The number of nitrogen functional groups attached to an aromatic ring is 1. The van der Waals surface area contributed by atoms with Crippen LogP contribution in [0, 0.1) is 11.3 Å². The van der Waals surface area contributed by atoms with Gasteiger partial charge in [0.2, 0.25) is 0 Å². The van der Waals surface area contributed by atoms with Crippen LogP contribution in [0.5, 0.6) is 0 Å². The van der Waals surface area contributed by atoms with Crippen molar-refractivity contribution in [2.24, 2.45) is 11.3 Å². The second-order valence-corrected chi connectivity index (χ2v) is 6.39. The number of nitrogens with zero attached hydrogens (tertiary/aromatic N) is 1. The normalized spacial score (nSPS) is 25.8. The molecule has 2 atom stereocenters. The van der Waals surface area contributed by atoms with Gasteiger partial charge in [-0.15, -0.1) is 0 Å². The number of carbonyl (C=O) groups excluding carboxylic acids is 1. The van der Waals surface area contributed by atoms with E-state index in [1.54, 1.807) is 18.2 Å². The quantitative estimate of drug-likeness (QED) is 0.832. The molecule has 0 bridgehead atoms. The van der Waals surface area contributed by atoms with Crippen molar-refractivity contribution in [3.8, 4) is 0 Å². The SMILES string of the molecule is CC1CC(OC(=O)c2cccc(N)n2)CC(C)(C)C1. The number of hydrogen-bond donors (Lipinski definition) is 1. The molecule has 19 heavy (non-hydrogen) atoms. The third kappa shape index (κ3) is 3.69. The molecule has 0 spiro atoms. The second kappa shape index (κ2) is 5.19. The maximum atomic E-state index is 12.0. The Morgan fingerprint density at radius 3 is 2.79 bits per heavy atom. The van der Waals surface area contributed by atoms with Crippen molar-refractivity contribution in [1.29, 1.82) is 0 Å².